The van der Waals surface area contributed by atoms with Crippen molar-refractivity contribution in [3.05, 3.63) is 29.3 Å². The number of hydroxylamine groups is 1. The minimum atomic E-state index is -0.980. The van der Waals surface area contributed by atoms with Crippen molar-refractivity contribution in [1.82, 2.24) is 5.48 Å². The summed E-state index contributed by atoms with van der Waals surface area (Å²) in [5, 5.41) is 12.1. The Kier molecular flexibility index (Phi) is 4.69. The molecule has 0 radical (unpaired) electrons. The maximum Gasteiger partial charge on any atom is 0.343 e. The van der Waals surface area contributed by atoms with Gasteiger partial charge in [0.1, 0.15) is 6.61 Å². The molecule has 0 aliphatic rings. The Morgan fingerprint density at radius 3 is 2.39 bits per heavy atom. The zero-order valence-corrected chi connectivity index (χ0v) is 11.2. The second kappa shape index (κ2) is 5.84. The average molecular weight is 252 g/mol. The smallest absolute Gasteiger partial charge is 0.343 e. The molecule has 0 saturated carbocycles. The van der Waals surface area contributed by atoms with Gasteiger partial charge in [0.2, 0.25) is 0 Å². The normalized spacial score (nSPS) is 11.2. The quantitative estimate of drug-likeness (QED) is 0.719. The molecule has 5 heteroatoms. The van der Waals surface area contributed by atoms with Crippen molar-refractivity contribution >= 4 is 11.7 Å². The van der Waals surface area contributed by atoms with Crippen LogP contribution in [0.2, 0.25) is 0 Å². The fourth-order valence-electron chi connectivity index (χ4n) is 1.43. The number of aryl methyl sites for hydroxylation is 2. The van der Waals surface area contributed by atoms with Crippen LogP contribution in [0.4, 0.5) is 10.5 Å². The first-order chi connectivity index (χ1) is 8.29. The van der Waals surface area contributed by atoms with Crippen LogP contribution >= 0.6 is 0 Å². The van der Waals surface area contributed by atoms with Crippen LogP contribution in [0.25, 0.3) is 0 Å². The van der Waals surface area contributed by atoms with Crippen molar-refractivity contribution in [3.63, 3.8) is 0 Å². The summed E-state index contributed by atoms with van der Waals surface area (Å²) in [7, 11) is 0. The number of aliphatic hydroxyl groups is 1. The number of hydrogen-bond donors (Lipinski definition) is 3. The van der Waals surface area contributed by atoms with E-state index in [1.165, 1.54) is 0 Å². The number of para-hydroxylation sites is 1. The van der Waals surface area contributed by atoms with Crippen molar-refractivity contribution in [2.45, 2.75) is 33.3 Å². The van der Waals surface area contributed by atoms with Crippen LogP contribution in [-0.2, 0) is 4.84 Å². The summed E-state index contributed by atoms with van der Waals surface area (Å²) >= 11 is 0. The number of carbonyl (C=O) groups is 1. The standard InChI is InChI=1S/C13H20N2O3/c1-9-6-5-7-10(2)11(9)14-12(16)15-18-8-13(3,4)17/h5-7,17H,8H2,1-4H3,(H2,14,15,16). The SMILES string of the molecule is Cc1cccc(C)c1NC(=O)NOCC(C)(C)O. The Morgan fingerprint density at radius 2 is 1.89 bits per heavy atom. The minimum absolute atomic E-state index is 0.0210. The fraction of sp³-hybridized carbons (Fsp3) is 0.462. The van der Waals surface area contributed by atoms with Gasteiger partial charge in [-0.15, -0.1) is 0 Å². The Hall–Kier alpha value is -1.59. The summed E-state index contributed by atoms with van der Waals surface area (Å²) in [4.78, 5) is 16.5. The zero-order valence-electron chi connectivity index (χ0n) is 11.2. The monoisotopic (exact) mass is 252 g/mol. The molecule has 3 N–H and O–H groups in total. The lowest BCUT2D eigenvalue weighted by Crippen LogP contribution is -2.35. The molecule has 0 aliphatic heterocycles. The van der Waals surface area contributed by atoms with E-state index in [-0.39, 0.29) is 6.61 Å². The predicted octanol–water partition coefficient (Wildman–Crippen LogP) is 2.13. The Balaban J connectivity index is 2.50. The third-order valence-corrected chi connectivity index (χ3v) is 2.31. The molecular formula is C13H20N2O3. The molecule has 2 amide bonds. The Bertz CT molecular complexity index is 404. The van der Waals surface area contributed by atoms with Crippen LogP contribution in [-0.4, -0.2) is 23.3 Å². The van der Waals surface area contributed by atoms with E-state index in [4.69, 9.17) is 4.84 Å². The third kappa shape index (κ3) is 4.73. The molecule has 5 nitrogen and oxygen atoms in total. The summed E-state index contributed by atoms with van der Waals surface area (Å²) in [6.07, 6.45) is 0. The highest BCUT2D eigenvalue weighted by Crippen LogP contribution is 2.18. The van der Waals surface area contributed by atoms with E-state index in [0.29, 0.717) is 0 Å². The number of urea groups is 1. The number of benzene rings is 1. The van der Waals surface area contributed by atoms with Gasteiger partial charge in [-0.25, -0.2) is 10.3 Å². The van der Waals surface area contributed by atoms with Crippen LogP contribution < -0.4 is 10.8 Å². The third-order valence-electron chi connectivity index (χ3n) is 2.31. The van der Waals surface area contributed by atoms with E-state index in [1.807, 2.05) is 32.0 Å². The summed E-state index contributed by atoms with van der Waals surface area (Å²) in [6, 6.07) is 5.30. The number of nitrogens with one attached hydrogen (secondary N) is 2. The molecule has 0 atom stereocenters. The van der Waals surface area contributed by atoms with Crippen LogP contribution in [0.5, 0.6) is 0 Å². The topological polar surface area (TPSA) is 70.6 Å². The van der Waals surface area contributed by atoms with Crippen molar-refractivity contribution in [1.29, 1.82) is 0 Å². The lowest BCUT2D eigenvalue weighted by Gasteiger charge is -2.17. The summed E-state index contributed by atoms with van der Waals surface area (Å²) < 4.78 is 0. The van der Waals surface area contributed by atoms with Crippen LogP contribution in [0.1, 0.15) is 25.0 Å². The lowest BCUT2D eigenvalue weighted by molar-refractivity contribution is -0.0467. The molecule has 0 fully saturated rings. The molecule has 0 heterocycles. The second-order valence-corrected chi connectivity index (χ2v) is 4.92. The second-order valence-electron chi connectivity index (χ2n) is 4.92. The number of amides is 2. The Labute approximate surface area is 107 Å². The maximum atomic E-state index is 11.6. The lowest BCUT2D eigenvalue weighted by atomic mass is 10.1. The molecule has 100 valence electrons. The van der Waals surface area contributed by atoms with Crippen molar-refractivity contribution < 1.29 is 14.7 Å². The summed E-state index contributed by atoms with van der Waals surface area (Å²) in [5.41, 5.74) is 3.98. The van der Waals surface area contributed by atoms with Gasteiger partial charge >= 0.3 is 6.03 Å². The van der Waals surface area contributed by atoms with Gasteiger partial charge < -0.3 is 10.4 Å². The largest absolute Gasteiger partial charge is 0.388 e. The first kappa shape index (κ1) is 14.5. The van der Waals surface area contributed by atoms with Crippen LogP contribution in [0, 0.1) is 13.8 Å². The summed E-state index contributed by atoms with van der Waals surface area (Å²) in [5.74, 6) is 0. The zero-order chi connectivity index (χ0) is 13.8. The predicted molar refractivity (Wildman–Crippen MR) is 70.3 cm³/mol. The highest BCUT2D eigenvalue weighted by atomic mass is 16.7. The maximum absolute atomic E-state index is 11.6. The summed E-state index contributed by atoms with van der Waals surface area (Å²) in [6.45, 7) is 7.05. The van der Waals surface area contributed by atoms with Gasteiger partial charge in [-0.2, -0.15) is 0 Å². The van der Waals surface area contributed by atoms with E-state index < -0.39 is 11.6 Å². The minimum Gasteiger partial charge on any atom is -0.388 e. The molecule has 0 aromatic heterocycles. The highest BCUT2D eigenvalue weighted by molar-refractivity contribution is 5.90. The van der Waals surface area contributed by atoms with Crippen LogP contribution in [0.3, 0.4) is 0 Å². The molecule has 0 unspecified atom stereocenters. The van der Waals surface area contributed by atoms with Gasteiger partial charge in [-0.05, 0) is 38.8 Å². The highest BCUT2D eigenvalue weighted by Gasteiger charge is 2.14. The van der Waals surface area contributed by atoms with E-state index in [9.17, 15) is 9.90 Å². The molecule has 1 aromatic rings. The first-order valence-electron chi connectivity index (χ1n) is 5.77. The molecule has 1 rings (SSSR count). The van der Waals surface area contributed by atoms with Gasteiger partial charge in [0, 0.05) is 5.69 Å². The van der Waals surface area contributed by atoms with Gasteiger partial charge in [0.05, 0.1) is 5.60 Å². The number of hydrogen-bond acceptors (Lipinski definition) is 3. The van der Waals surface area contributed by atoms with E-state index in [1.54, 1.807) is 13.8 Å². The van der Waals surface area contributed by atoms with Crippen molar-refractivity contribution in [2.75, 3.05) is 11.9 Å². The molecule has 0 saturated heterocycles. The van der Waals surface area contributed by atoms with E-state index in [0.717, 1.165) is 16.8 Å². The molecule has 0 bridgehead atoms. The first-order valence-corrected chi connectivity index (χ1v) is 5.77. The van der Waals surface area contributed by atoms with Gasteiger partial charge in [0.15, 0.2) is 0 Å². The van der Waals surface area contributed by atoms with Crippen molar-refractivity contribution in [2.24, 2.45) is 0 Å². The molecule has 0 spiro atoms. The molecule has 0 aliphatic carbocycles. The molecule has 18 heavy (non-hydrogen) atoms. The van der Waals surface area contributed by atoms with Crippen LogP contribution in [0.15, 0.2) is 18.2 Å². The molecular weight excluding hydrogens is 232 g/mol. The fourth-order valence-corrected chi connectivity index (χ4v) is 1.43. The number of anilines is 1. The van der Waals surface area contributed by atoms with E-state index in [2.05, 4.69) is 10.8 Å². The van der Waals surface area contributed by atoms with Gasteiger partial charge in [-0.3, -0.25) is 4.84 Å². The number of carbonyl (C=O) groups excluding carboxylic acids is 1. The number of rotatable bonds is 4. The average Bonchev–Trinajstić information content (AvgIpc) is 2.22. The van der Waals surface area contributed by atoms with Crippen molar-refractivity contribution in [3.8, 4) is 0 Å². The molecule has 1 aromatic carbocycles. The Morgan fingerprint density at radius 1 is 1.33 bits per heavy atom. The van der Waals surface area contributed by atoms with Gasteiger partial charge in [0.25, 0.3) is 0 Å². The van der Waals surface area contributed by atoms with E-state index >= 15 is 0 Å². The van der Waals surface area contributed by atoms with Gasteiger partial charge in [-0.1, -0.05) is 18.2 Å².